The topological polar surface area (TPSA) is 30.2 Å². The molecular formula is C15H15INO2+. The lowest BCUT2D eigenvalue weighted by Crippen LogP contribution is -2.27. The molecule has 3 nitrogen and oxygen atoms in total. The molecule has 0 N–H and O–H groups in total. The second-order valence-electron chi connectivity index (χ2n) is 4.33. The van der Waals surface area contributed by atoms with Crippen molar-refractivity contribution in [2.45, 2.75) is 20.5 Å². The van der Waals surface area contributed by atoms with Crippen LogP contribution in [0.4, 0.5) is 0 Å². The molecule has 0 aliphatic rings. The van der Waals surface area contributed by atoms with Gasteiger partial charge in [-0.2, -0.15) is 0 Å². The fourth-order valence-corrected chi connectivity index (χ4v) is 2.27. The van der Waals surface area contributed by atoms with Gasteiger partial charge in [0.05, 0.1) is 0 Å². The van der Waals surface area contributed by atoms with Gasteiger partial charge in [-0.25, -0.2) is 4.79 Å². The summed E-state index contributed by atoms with van der Waals surface area (Å²) >= 11 is 2.15. The first-order chi connectivity index (χ1) is 9.09. The Hall–Kier alpha value is -1.43. The number of ether oxygens (including phenoxy) is 1. The quantitative estimate of drug-likeness (QED) is 0.616. The van der Waals surface area contributed by atoms with E-state index in [4.69, 9.17) is 4.74 Å². The molecule has 0 amide bonds. The molecule has 1 heterocycles. The predicted molar refractivity (Wildman–Crippen MR) is 81.1 cm³/mol. The summed E-state index contributed by atoms with van der Waals surface area (Å²) < 4.78 is 7.27. The molecular weight excluding hydrogens is 353 g/mol. The van der Waals surface area contributed by atoms with Crippen molar-refractivity contribution in [1.29, 1.82) is 0 Å². The summed E-state index contributed by atoms with van der Waals surface area (Å²) in [6, 6.07) is 11.6. The van der Waals surface area contributed by atoms with Crippen LogP contribution in [0, 0.1) is 13.8 Å². The van der Waals surface area contributed by atoms with Crippen LogP contribution < -0.4 is 2.78 Å². The molecule has 0 fully saturated rings. The maximum atomic E-state index is 12.2. The number of hydrogen-bond acceptors (Lipinski definition) is 2. The van der Waals surface area contributed by atoms with Crippen LogP contribution in [0.2, 0.25) is 0 Å². The van der Waals surface area contributed by atoms with Crippen LogP contribution in [-0.4, -0.2) is 5.97 Å². The summed E-state index contributed by atoms with van der Waals surface area (Å²) in [5.41, 5.74) is 3.47. The van der Waals surface area contributed by atoms with Crippen molar-refractivity contribution >= 4 is 28.8 Å². The van der Waals surface area contributed by atoms with Gasteiger partial charge in [-0.15, -0.1) is 2.78 Å². The van der Waals surface area contributed by atoms with Gasteiger partial charge in [-0.1, -0.05) is 30.3 Å². The van der Waals surface area contributed by atoms with Gasteiger partial charge < -0.3 is 4.74 Å². The van der Waals surface area contributed by atoms with E-state index < -0.39 is 0 Å². The molecule has 4 heteroatoms. The molecule has 0 aliphatic carbocycles. The maximum absolute atomic E-state index is 12.2. The van der Waals surface area contributed by atoms with Crippen molar-refractivity contribution in [1.82, 2.24) is 0 Å². The van der Waals surface area contributed by atoms with Gasteiger partial charge in [-0.05, 0) is 18.1 Å². The highest BCUT2D eigenvalue weighted by atomic mass is 127. The number of aromatic nitrogens is 1. The molecule has 1 aromatic carbocycles. The van der Waals surface area contributed by atoms with Crippen LogP contribution in [0.5, 0.6) is 0 Å². The maximum Gasteiger partial charge on any atom is 0.354 e. The van der Waals surface area contributed by atoms with Crippen molar-refractivity contribution in [3.05, 3.63) is 65.0 Å². The van der Waals surface area contributed by atoms with Crippen LogP contribution in [0.15, 0.2) is 42.6 Å². The fraction of sp³-hybridized carbons (Fsp3) is 0.200. The Balaban J connectivity index is 2.15. The first-order valence-electron chi connectivity index (χ1n) is 5.98. The molecule has 0 aliphatic heterocycles. The molecule has 19 heavy (non-hydrogen) atoms. The van der Waals surface area contributed by atoms with Gasteiger partial charge in [0.2, 0.25) is 5.69 Å². The predicted octanol–water partition coefficient (Wildman–Crippen LogP) is 3.15. The average Bonchev–Trinajstić information content (AvgIpc) is 2.42. The largest absolute Gasteiger partial charge is 0.457 e. The third-order valence-electron chi connectivity index (χ3n) is 2.95. The fourth-order valence-electron chi connectivity index (χ4n) is 1.87. The highest BCUT2D eigenvalue weighted by Crippen LogP contribution is 2.13. The standard InChI is InChI=1S/C15H15INO2/c1-11-8-9-17(16)12(2)14(11)15(18)19-10-13-6-4-3-5-7-13/h3-9H,10H2,1-2H3/q+1. The van der Waals surface area contributed by atoms with E-state index in [1.165, 1.54) is 0 Å². The van der Waals surface area contributed by atoms with E-state index in [2.05, 4.69) is 22.9 Å². The Labute approximate surface area is 126 Å². The Kier molecular flexibility index (Phi) is 4.52. The SMILES string of the molecule is Cc1cc[n+](I)c(C)c1C(=O)OCc1ccccc1. The minimum absolute atomic E-state index is 0.273. The number of nitrogens with zero attached hydrogens (tertiary/aromatic N) is 1. The van der Waals surface area contributed by atoms with Gasteiger partial charge in [0.15, 0.2) is 6.20 Å². The minimum atomic E-state index is -0.273. The van der Waals surface area contributed by atoms with Crippen LogP contribution in [0.1, 0.15) is 27.2 Å². The Morgan fingerprint density at radius 3 is 2.58 bits per heavy atom. The normalized spacial score (nSPS) is 10.3. The van der Waals surface area contributed by atoms with E-state index in [0.29, 0.717) is 12.2 Å². The summed E-state index contributed by atoms with van der Waals surface area (Å²) in [7, 11) is 0. The summed E-state index contributed by atoms with van der Waals surface area (Å²) in [5.74, 6) is -0.273. The molecule has 0 bridgehead atoms. The first kappa shape index (κ1) is 14.0. The lowest BCUT2D eigenvalue weighted by atomic mass is 10.1. The molecule has 2 aromatic rings. The molecule has 0 spiro atoms. The monoisotopic (exact) mass is 368 g/mol. The number of rotatable bonds is 3. The molecule has 0 saturated carbocycles. The van der Waals surface area contributed by atoms with Gasteiger partial charge >= 0.3 is 28.8 Å². The van der Waals surface area contributed by atoms with Crippen LogP contribution in [0.3, 0.4) is 0 Å². The second kappa shape index (κ2) is 6.14. The van der Waals surface area contributed by atoms with Gasteiger partial charge in [0, 0.05) is 13.0 Å². The van der Waals surface area contributed by atoms with Crippen LogP contribution in [0.25, 0.3) is 0 Å². The Morgan fingerprint density at radius 1 is 1.21 bits per heavy atom. The summed E-state index contributed by atoms with van der Waals surface area (Å²) in [6.45, 7) is 4.13. The highest BCUT2D eigenvalue weighted by molar-refractivity contribution is 14.1. The zero-order chi connectivity index (χ0) is 13.8. The van der Waals surface area contributed by atoms with Crippen molar-refractivity contribution in [2.75, 3.05) is 0 Å². The molecule has 2 rings (SSSR count). The number of hydrogen-bond donors (Lipinski definition) is 0. The third kappa shape index (κ3) is 3.32. The average molecular weight is 368 g/mol. The first-order valence-corrected chi connectivity index (χ1v) is 6.95. The lowest BCUT2D eigenvalue weighted by Gasteiger charge is -2.07. The summed E-state index contributed by atoms with van der Waals surface area (Å²) in [6.07, 6.45) is 1.93. The Bertz CT molecular complexity index is 597. The smallest absolute Gasteiger partial charge is 0.354 e. The number of aryl methyl sites for hydroxylation is 1. The van der Waals surface area contributed by atoms with E-state index in [-0.39, 0.29) is 5.97 Å². The van der Waals surface area contributed by atoms with Crippen molar-refractivity contribution in [3.63, 3.8) is 0 Å². The highest BCUT2D eigenvalue weighted by Gasteiger charge is 2.21. The van der Waals surface area contributed by atoms with E-state index >= 15 is 0 Å². The van der Waals surface area contributed by atoms with E-state index in [1.807, 2.05) is 59.2 Å². The van der Waals surface area contributed by atoms with Crippen LogP contribution in [-0.2, 0) is 11.3 Å². The lowest BCUT2D eigenvalue weighted by molar-refractivity contribution is -0.449. The van der Waals surface area contributed by atoms with Crippen molar-refractivity contribution < 1.29 is 12.3 Å². The van der Waals surface area contributed by atoms with E-state index in [1.54, 1.807) is 0 Å². The minimum Gasteiger partial charge on any atom is -0.457 e. The number of carbonyl (C=O) groups excluding carboxylic acids is 1. The number of carbonyl (C=O) groups is 1. The molecule has 0 radical (unpaired) electrons. The number of esters is 1. The number of pyridine rings is 1. The van der Waals surface area contributed by atoms with Gasteiger partial charge in [0.1, 0.15) is 12.2 Å². The molecule has 0 atom stereocenters. The molecule has 1 aromatic heterocycles. The van der Waals surface area contributed by atoms with E-state index in [9.17, 15) is 4.79 Å². The van der Waals surface area contributed by atoms with E-state index in [0.717, 1.165) is 16.8 Å². The molecule has 0 unspecified atom stereocenters. The van der Waals surface area contributed by atoms with Crippen LogP contribution >= 0.6 is 22.9 Å². The third-order valence-corrected chi connectivity index (χ3v) is 3.99. The van der Waals surface area contributed by atoms with Gasteiger partial charge in [-0.3, -0.25) is 0 Å². The van der Waals surface area contributed by atoms with Crippen molar-refractivity contribution in [2.24, 2.45) is 0 Å². The number of halogens is 1. The molecule has 98 valence electrons. The van der Waals surface area contributed by atoms with Crippen molar-refractivity contribution in [3.8, 4) is 0 Å². The van der Waals surface area contributed by atoms with Gasteiger partial charge in [0.25, 0.3) is 0 Å². The zero-order valence-corrected chi connectivity index (χ0v) is 13.0. The summed E-state index contributed by atoms with van der Waals surface area (Å²) in [4.78, 5) is 12.2. The number of benzene rings is 1. The zero-order valence-electron chi connectivity index (χ0n) is 10.9. The second-order valence-corrected chi connectivity index (χ2v) is 5.37. The Morgan fingerprint density at radius 2 is 1.89 bits per heavy atom. The summed E-state index contributed by atoms with van der Waals surface area (Å²) in [5, 5.41) is 0. The molecule has 0 saturated heterocycles.